The van der Waals surface area contributed by atoms with Crippen LogP contribution in [0.1, 0.15) is 86.9 Å². The largest absolute Gasteiger partial charge is 0.369 e. The highest BCUT2D eigenvalue weighted by molar-refractivity contribution is 6.09. The van der Waals surface area contributed by atoms with Crippen molar-refractivity contribution in [3.8, 4) is 0 Å². The van der Waals surface area contributed by atoms with Crippen molar-refractivity contribution in [2.75, 3.05) is 50.7 Å². The Morgan fingerprint density at radius 2 is 1.68 bits per heavy atom. The minimum absolute atomic E-state index is 0.0164. The predicted molar refractivity (Wildman–Crippen MR) is 151 cm³/mol. The Labute approximate surface area is 227 Å². The number of hydrogen-bond donors (Lipinski definition) is 2. The highest BCUT2D eigenvalue weighted by Crippen LogP contribution is 2.24. The van der Waals surface area contributed by atoms with Crippen molar-refractivity contribution >= 4 is 29.1 Å². The first kappa shape index (κ1) is 30.0. The van der Waals surface area contributed by atoms with E-state index in [1.165, 1.54) is 52.2 Å². The maximum absolute atomic E-state index is 12.6. The van der Waals surface area contributed by atoms with E-state index in [2.05, 4.69) is 20.4 Å². The molecule has 1 aromatic rings. The molecule has 1 unspecified atom stereocenters. The molecule has 0 aromatic heterocycles. The van der Waals surface area contributed by atoms with Gasteiger partial charge < -0.3 is 10.2 Å². The topological polar surface area (TPSA) is 98.8 Å². The predicted octanol–water partition coefficient (Wildman–Crippen LogP) is 3.69. The molecule has 0 radical (unpaired) electrons. The van der Waals surface area contributed by atoms with Crippen molar-refractivity contribution in [3.63, 3.8) is 0 Å². The summed E-state index contributed by atoms with van der Waals surface area (Å²) in [5.41, 5.74) is 2.19. The van der Waals surface area contributed by atoms with Gasteiger partial charge >= 0.3 is 0 Å². The van der Waals surface area contributed by atoms with E-state index in [0.717, 1.165) is 37.8 Å². The number of amides is 2. The molecule has 210 valence electrons. The van der Waals surface area contributed by atoms with E-state index >= 15 is 0 Å². The van der Waals surface area contributed by atoms with Crippen LogP contribution in [-0.2, 0) is 9.59 Å². The van der Waals surface area contributed by atoms with E-state index in [1.54, 1.807) is 0 Å². The number of anilines is 1. The van der Waals surface area contributed by atoms with E-state index in [9.17, 15) is 19.2 Å². The van der Waals surface area contributed by atoms with Gasteiger partial charge in [0.25, 0.3) is 0 Å². The van der Waals surface area contributed by atoms with Gasteiger partial charge in [-0.1, -0.05) is 20.8 Å². The van der Waals surface area contributed by atoms with Crippen LogP contribution in [0.3, 0.4) is 0 Å². The van der Waals surface area contributed by atoms with Gasteiger partial charge in [-0.3, -0.25) is 29.4 Å². The molecule has 8 heteroatoms. The van der Waals surface area contributed by atoms with Gasteiger partial charge in [-0.05, 0) is 82.8 Å². The van der Waals surface area contributed by atoms with E-state index < -0.39 is 0 Å². The van der Waals surface area contributed by atoms with E-state index in [1.807, 2.05) is 39.0 Å². The summed E-state index contributed by atoms with van der Waals surface area (Å²) in [4.78, 5) is 50.7. The molecule has 2 N–H and O–H groups in total. The van der Waals surface area contributed by atoms with Crippen LogP contribution in [0, 0.1) is 17.8 Å². The minimum Gasteiger partial charge on any atom is -0.369 e. The summed E-state index contributed by atoms with van der Waals surface area (Å²) < 4.78 is 0. The first-order valence-corrected chi connectivity index (χ1v) is 14.4. The Morgan fingerprint density at radius 3 is 2.26 bits per heavy atom. The summed E-state index contributed by atoms with van der Waals surface area (Å²) >= 11 is 0. The molecule has 3 aliphatic rings. The van der Waals surface area contributed by atoms with Crippen LogP contribution >= 0.6 is 0 Å². The second-order valence-electron chi connectivity index (χ2n) is 11.3. The summed E-state index contributed by atoms with van der Waals surface area (Å²) in [6, 6.07) is 5.77. The maximum Gasteiger partial charge on any atom is 0.229 e. The molecule has 0 aliphatic carbocycles. The molecule has 1 aromatic carbocycles. The lowest BCUT2D eigenvalue weighted by molar-refractivity contribution is -0.135. The average molecular weight is 527 g/mol. The third-order valence-corrected chi connectivity index (χ3v) is 7.97. The van der Waals surface area contributed by atoms with Crippen molar-refractivity contribution in [1.82, 2.24) is 15.5 Å². The quantitative estimate of drug-likeness (QED) is 0.394. The Bertz CT molecular complexity index is 978. The second-order valence-corrected chi connectivity index (χ2v) is 11.3. The normalized spacial score (nSPS) is 21.1. The molecule has 1 atom stereocenters. The summed E-state index contributed by atoms with van der Waals surface area (Å²) in [7, 11) is 0. The molecule has 38 heavy (non-hydrogen) atoms. The Hall–Kier alpha value is -2.58. The SMILES string of the molecule is CC(=O)c1ccc(N2CCN(CCCC3CCNCC3)CC2)cc1C(=O)C(C)C.CC1CCC(=O)NC1=O. The van der Waals surface area contributed by atoms with E-state index in [-0.39, 0.29) is 35.2 Å². The van der Waals surface area contributed by atoms with Gasteiger partial charge in [0.15, 0.2) is 11.6 Å². The lowest BCUT2D eigenvalue weighted by Gasteiger charge is -2.36. The van der Waals surface area contributed by atoms with Gasteiger partial charge in [-0.25, -0.2) is 0 Å². The number of hydrogen-bond acceptors (Lipinski definition) is 7. The zero-order valence-corrected chi connectivity index (χ0v) is 23.7. The highest BCUT2D eigenvalue weighted by atomic mass is 16.2. The minimum atomic E-state index is -0.141. The van der Waals surface area contributed by atoms with E-state index in [4.69, 9.17) is 0 Å². The number of carbonyl (C=O) groups excluding carboxylic acids is 4. The smallest absolute Gasteiger partial charge is 0.229 e. The number of Topliss-reactive ketones (excluding diaryl/α,β-unsaturated/α-hetero) is 2. The molecular formula is C30H46N4O4. The molecule has 3 aliphatic heterocycles. The highest BCUT2D eigenvalue weighted by Gasteiger charge is 2.23. The number of imide groups is 1. The van der Waals surface area contributed by atoms with Gasteiger partial charge in [-0.15, -0.1) is 0 Å². The van der Waals surface area contributed by atoms with Gasteiger partial charge in [0.05, 0.1) is 0 Å². The fourth-order valence-corrected chi connectivity index (χ4v) is 5.36. The van der Waals surface area contributed by atoms with E-state index in [0.29, 0.717) is 24.0 Å². The van der Waals surface area contributed by atoms with Crippen LogP contribution < -0.4 is 15.5 Å². The number of piperidine rings is 2. The van der Waals surface area contributed by atoms with Crippen molar-refractivity contribution in [1.29, 1.82) is 0 Å². The molecule has 3 fully saturated rings. The van der Waals surface area contributed by atoms with Gasteiger partial charge in [0, 0.05) is 61.2 Å². The molecule has 4 rings (SSSR count). The first-order chi connectivity index (χ1) is 18.2. The van der Waals surface area contributed by atoms with Crippen molar-refractivity contribution < 1.29 is 19.2 Å². The fraction of sp³-hybridized carbons (Fsp3) is 0.667. The summed E-state index contributed by atoms with van der Waals surface area (Å²) in [6.45, 7) is 14.8. The number of ketones is 2. The van der Waals surface area contributed by atoms with Crippen LogP contribution in [0.4, 0.5) is 5.69 Å². The summed E-state index contributed by atoms with van der Waals surface area (Å²) in [6.07, 6.45) is 6.51. The third-order valence-electron chi connectivity index (χ3n) is 7.97. The number of benzene rings is 1. The molecular weight excluding hydrogens is 480 g/mol. The lowest BCUT2D eigenvalue weighted by Crippen LogP contribution is -2.46. The molecule has 0 saturated carbocycles. The molecule has 8 nitrogen and oxygen atoms in total. The van der Waals surface area contributed by atoms with Crippen LogP contribution in [0.2, 0.25) is 0 Å². The van der Waals surface area contributed by atoms with Crippen molar-refractivity contribution in [2.45, 2.75) is 66.2 Å². The average Bonchev–Trinajstić information content (AvgIpc) is 2.91. The molecule has 3 saturated heterocycles. The molecule has 3 heterocycles. The maximum atomic E-state index is 12.6. The van der Waals surface area contributed by atoms with Crippen LogP contribution in [-0.4, -0.2) is 74.1 Å². The number of nitrogens with one attached hydrogen (secondary N) is 2. The van der Waals surface area contributed by atoms with Gasteiger partial charge in [0.2, 0.25) is 11.8 Å². The van der Waals surface area contributed by atoms with Crippen LogP contribution in [0.15, 0.2) is 18.2 Å². The molecule has 0 bridgehead atoms. The lowest BCUT2D eigenvalue weighted by atomic mass is 9.93. The van der Waals surface area contributed by atoms with Crippen LogP contribution in [0.25, 0.3) is 0 Å². The molecule has 0 spiro atoms. The second kappa shape index (κ2) is 14.5. The Morgan fingerprint density at radius 1 is 1.00 bits per heavy atom. The number of carbonyl (C=O) groups is 4. The van der Waals surface area contributed by atoms with Gasteiger partial charge in [0.1, 0.15) is 0 Å². The zero-order valence-electron chi connectivity index (χ0n) is 23.7. The third kappa shape index (κ3) is 8.73. The summed E-state index contributed by atoms with van der Waals surface area (Å²) in [5, 5.41) is 5.70. The zero-order chi connectivity index (χ0) is 27.7. The van der Waals surface area contributed by atoms with Crippen molar-refractivity contribution in [3.05, 3.63) is 29.3 Å². The van der Waals surface area contributed by atoms with Crippen LogP contribution in [0.5, 0.6) is 0 Å². The van der Waals surface area contributed by atoms with Gasteiger partial charge in [-0.2, -0.15) is 0 Å². The standard InChI is InChI=1S/C24H37N3O2.C6H9NO2/c1-18(2)24(29)23-17-21(6-7-22(23)19(3)28)27-15-13-26(14-16-27)12-4-5-20-8-10-25-11-9-20;1-4-2-3-5(8)7-6(4)9/h6-7,17-18,20,25H,4-5,8-16H2,1-3H3;4H,2-3H2,1H3,(H,7,8,9). The fourth-order valence-electron chi connectivity index (χ4n) is 5.36. The van der Waals surface area contributed by atoms with Crippen molar-refractivity contribution in [2.24, 2.45) is 17.8 Å². The first-order valence-electron chi connectivity index (χ1n) is 14.4. The Kier molecular flexibility index (Phi) is 11.5. The number of rotatable bonds is 8. The summed E-state index contributed by atoms with van der Waals surface area (Å²) in [5.74, 6) is 0.550. The molecule has 2 amide bonds. The number of nitrogens with zero attached hydrogens (tertiary/aromatic N) is 2. The Balaban J connectivity index is 0.000000375. The number of piperazine rings is 1. The monoisotopic (exact) mass is 526 g/mol.